The molecule has 0 saturated heterocycles. The minimum absolute atomic E-state index is 0.0199. The van der Waals surface area contributed by atoms with Crippen LogP contribution in [0.25, 0.3) is 0 Å². The minimum Gasteiger partial charge on any atom is -0.488 e. The number of hydrogen-bond donors (Lipinski definition) is 0. The van der Waals surface area contributed by atoms with Crippen LogP contribution in [0.1, 0.15) is 5.56 Å². The summed E-state index contributed by atoms with van der Waals surface area (Å²) in [4.78, 5) is 10.4. The predicted octanol–water partition coefficient (Wildman–Crippen LogP) is 5.49. The zero-order valence-corrected chi connectivity index (χ0v) is 14.2. The first-order chi connectivity index (χ1) is 9.88. The lowest BCUT2D eigenvalue weighted by Crippen LogP contribution is -1.98. The second-order valence-corrected chi connectivity index (χ2v) is 6.14. The first kappa shape index (κ1) is 16.2. The molecule has 0 aliphatic heterocycles. The second-order valence-electron chi connectivity index (χ2n) is 4.03. The Bertz CT molecular complexity index is 712. The molecule has 110 valence electrons. The Labute approximate surface area is 141 Å². The number of nitrogens with zero attached hydrogens (tertiary/aromatic N) is 1. The maximum Gasteiger partial charge on any atom is 0.283 e. The van der Waals surface area contributed by atoms with Crippen molar-refractivity contribution in [1.82, 2.24) is 0 Å². The molecule has 0 heterocycles. The summed E-state index contributed by atoms with van der Waals surface area (Å²) in [6.45, 7) is 0.0633. The maximum atomic E-state index is 13.4. The van der Waals surface area contributed by atoms with Gasteiger partial charge in [-0.25, -0.2) is 4.39 Å². The molecule has 0 aliphatic carbocycles. The Morgan fingerprint density at radius 2 is 1.95 bits per heavy atom. The van der Waals surface area contributed by atoms with Crippen molar-refractivity contribution in [3.05, 3.63) is 65.8 Å². The first-order valence-corrected chi connectivity index (χ1v) is 7.55. The van der Waals surface area contributed by atoms with E-state index in [4.69, 9.17) is 16.3 Å². The molecule has 0 aromatic heterocycles. The average Bonchev–Trinajstić information content (AvgIpc) is 2.42. The molecule has 4 nitrogen and oxygen atoms in total. The van der Waals surface area contributed by atoms with Crippen LogP contribution in [0.15, 0.2) is 39.3 Å². The van der Waals surface area contributed by atoms with Crippen molar-refractivity contribution < 1.29 is 14.1 Å². The van der Waals surface area contributed by atoms with E-state index in [1.165, 1.54) is 12.1 Å². The first-order valence-electron chi connectivity index (χ1n) is 5.58. The van der Waals surface area contributed by atoms with Gasteiger partial charge in [0.15, 0.2) is 0 Å². The summed E-state index contributed by atoms with van der Waals surface area (Å²) in [7, 11) is 0. The van der Waals surface area contributed by atoms with Gasteiger partial charge in [-0.3, -0.25) is 10.1 Å². The number of nitro groups is 1. The summed E-state index contributed by atoms with van der Waals surface area (Å²) in [6, 6.07) is 7.17. The summed E-state index contributed by atoms with van der Waals surface area (Å²) in [6.07, 6.45) is 0. The van der Waals surface area contributed by atoms with Gasteiger partial charge in [-0.1, -0.05) is 17.7 Å². The van der Waals surface area contributed by atoms with Crippen LogP contribution in [-0.4, -0.2) is 4.92 Å². The zero-order valence-electron chi connectivity index (χ0n) is 10.3. The predicted molar refractivity (Wildman–Crippen MR) is 84.2 cm³/mol. The summed E-state index contributed by atoms with van der Waals surface area (Å²) >= 11 is 11.9. The van der Waals surface area contributed by atoms with Gasteiger partial charge in [0, 0.05) is 12.1 Å². The van der Waals surface area contributed by atoms with E-state index in [0.717, 1.165) is 6.07 Å². The molecule has 0 radical (unpaired) electrons. The lowest BCUT2D eigenvalue weighted by Gasteiger charge is -2.09. The number of nitro benzene ring substituents is 1. The molecule has 2 rings (SSSR count). The van der Waals surface area contributed by atoms with Gasteiger partial charge < -0.3 is 4.74 Å². The molecule has 8 heteroatoms. The fourth-order valence-electron chi connectivity index (χ4n) is 1.56. The van der Waals surface area contributed by atoms with Crippen LogP contribution in [0.4, 0.5) is 10.1 Å². The quantitative estimate of drug-likeness (QED) is 0.360. The molecule has 2 aromatic rings. The highest BCUT2D eigenvalue weighted by atomic mass is 79.9. The SMILES string of the molecule is O=[N+]([O-])c1cc(COc2cc(F)c(Cl)cc2Br)ccc1Br. The highest BCUT2D eigenvalue weighted by Gasteiger charge is 2.13. The number of hydrogen-bond acceptors (Lipinski definition) is 3. The lowest BCUT2D eigenvalue weighted by molar-refractivity contribution is -0.385. The summed E-state index contributed by atoms with van der Waals surface area (Å²) < 4.78 is 19.7. The summed E-state index contributed by atoms with van der Waals surface area (Å²) in [5.41, 5.74) is 0.532. The van der Waals surface area contributed by atoms with Crippen molar-refractivity contribution >= 4 is 49.1 Å². The molecule has 0 N–H and O–H groups in total. The summed E-state index contributed by atoms with van der Waals surface area (Å²) in [5.74, 6) is -0.334. The van der Waals surface area contributed by atoms with E-state index in [0.29, 0.717) is 14.5 Å². The minimum atomic E-state index is -0.600. The molecule has 2 aromatic carbocycles. The van der Waals surface area contributed by atoms with Gasteiger partial charge in [0.05, 0.1) is 18.9 Å². The largest absolute Gasteiger partial charge is 0.488 e. The molecule has 0 aliphatic rings. The van der Waals surface area contributed by atoms with Gasteiger partial charge in [0.2, 0.25) is 0 Å². The summed E-state index contributed by atoms with van der Waals surface area (Å²) in [5, 5.41) is 10.8. The third-order valence-corrected chi connectivity index (χ3v) is 4.16. The molecule has 0 unspecified atom stereocenters. The lowest BCUT2D eigenvalue weighted by atomic mass is 10.2. The Morgan fingerprint density at radius 3 is 2.62 bits per heavy atom. The van der Waals surface area contributed by atoms with Gasteiger partial charge in [0.25, 0.3) is 5.69 Å². The van der Waals surface area contributed by atoms with Gasteiger partial charge in [-0.05, 0) is 49.6 Å². The monoisotopic (exact) mass is 437 g/mol. The van der Waals surface area contributed by atoms with Crippen LogP contribution >= 0.6 is 43.5 Å². The molecular formula is C13H7Br2ClFNO3. The van der Waals surface area contributed by atoms with E-state index in [-0.39, 0.29) is 23.1 Å². The maximum absolute atomic E-state index is 13.4. The fraction of sp³-hybridized carbons (Fsp3) is 0.0769. The standard InChI is InChI=1S/C13H7Br2ClFNO3/c14-8-2-1-7(3-12(8)18(19)20)6-21-13-5-11(17)10(16)4-9(13)15/h1-5H,6H2. The second kappa shape index (κ2) is 6.72. The van der Waals surface area contributed by atoms with Crippen molar-refractivity contribution in [2.45, 2.75) is 6.61 Å². The smallest absolute Gasteiger partial charge is 0.283 e. The molecule has 0 bridgehead atoms. The van der Waals surface area contributed by atoms with Crippen molar-refractivity contribution in [3.8, 4) is 5.75 Å². The number of ether oxygens (including phenoxy) is 1. The number of benzene rings is 2. The van der Waals surface area contributed by atoms with E-state index in [1.54, 1.807) is 12.1 Å². The normalized spacial score (nSPS) is 10.5. The molecular weight excluding hydrogens is 432 g/mol. The van der Waals surface area contributed by atoms with E-state index in [9.17, 15) is 14.5 Å². The van der Waals surface area contributed by atoms with Gasteiger partial charge in [-0.15, -0.1) is 0 Å². The van der Waals surface area contributed by atoms with E-state index in [2.05, 4.69) is 31.9 Å². The Kier molecular flexibility index (Phi) is 5.18. The van der Waals surface area contributed by atoms with Crippen LogP contribution in [-0.2, 0) is 6.61 Å². The van der Waals surface area contributed by atoms with Gasteiger partial charge >= 0.3 is 0 Å². The van der Waals surface area contributed by atoms with Crippen molar-refractivity contribution in [3.63, 3.8) is 0 Å². The van der Waals surface area contributed by atoms with Crippen molar-refractivity contribution in [1.29, 1.82) is 0 Å². The van der Waals surface area contributed by atoms with Crippen LogP contribution in [0, 0.1) is 15.9 Å². The average molecular weight is 439 g/mol. The molecule has 0 spiro atoms. The van der Waals surface area contributed by atoms with E-state index >= 15 is 0 Å². The van der Waals surface area contributed by atoms with Gasteiger partial charge in [-0.2, -0.15) is 0 Å². The van der Waals surface area contributed by atoms with E-state index in [1.807, 2.05) is 0 Å². The third kappa shape index (κ3) is 3.93. The molecule has 0 fully saturated rings. The van der Waals surface area contributed by atoms with Crippen LogP contribution < -0.4 is 4.74 Å². The van der Waals surface area contributed by atoms with Crippen molar-refractivity contribution in [2.75, 3.05) is 0 Å². The highest BCUT2D eigenvalue weighted by molar-refractivity contribution is 9.11. The zero-order chi connectivity index (χ0) is 15.6. The Balaban J connectivity index is 2.19. The number of rotatable bonds is 4. The number of halogens is 4. The Morgan fingerprint density at radius 1 is 1.24 bits per heavy atom. The highest BCUT2D eigenvalue weighted by Crippen LogP contribution is 2.32. The topological polar surface area (TPSA) is 52.4 Å². The van der Waals surface area contributed by atoms with Crippen LogP contribution in [0.2, 0.25) is 5.02 Å². The molecule has 0 saturated carbocycles. The van der Waals surface area contributed by atoms with Crippen LogP contribution in [0.5, 0.6) is 5.75 Å². The molecule has 0 amide bonds. The molecule has 21 heavy (non-hydrogen) atoms. The van der Waals surface area contributed by atoms with Gasteiger partial charge in [0.1, 0.15) is 18.2 Å². The Hall–Kier alpha value is -1.18. The fourth-order valence-corrected chi connectivity index (χ4v) is 2.71. The third-order valence-electron chi connectivity index (χ3n) is 2.58. The molecule has 0 atom stereocenters. The van der Waals surface area contributed by atoms with Crippen LogP contribution in [0.3, 0.4) is 0 Å². The van der Waals surface area contributed by atoms with Crippen molar-refractivity contribution in [2.24, 2.45) is 0 Å². The van der Waals surface area contributed by atoms with E-state index < -0.39 is 10.7 Å².